The zero-order valence-corrected chi connectivity index (χ0v) is 15.0. The molecule has 6 heteroatoms. The molecule has 0 radical (unpaired) electrons. The van der Waals surface area contributed by atoms with Crippen LogP contribution in [0.2, 0.25) is 0 Å². The van der Waals surface area contributed by atoms with Gasteiger partial charge in [-0.1, -0.05) is 6.07 Å². The molecule has 2 aromatic rings. The van der Waals surface area contributed by atoms with Crippen molar-refractivity contribution in [3.63, 3.8) is 0 Å². The van der Waals surface area contributed by atoms with Gasteiger partial charge in [-0.2, -0.15) is 0 Å². The van der Waals surface area contributed by atoms with Crippen LogP contribution in [0.25, 0.3) is 11.1 Å². The molecule has 2 atom stereocenters. The highest BCUT2D eigenvalue weighted by Gasteiger charge is 2.44. The summed E-state index contributed by atoms with van der Waals surface area (Å²) >= 11 is 0. The second-order valence-electron chi connectivity index (χ2n) is 6.94. The van der Waals surface area contributed by atoms with Crippen LogP contribution < -0.4 is 18.9 Å². The number of hydrogen-bond acceptors (Lipinski definition) is 6. The topological polar surface area (TPSA) is 60.4 Å². The lowest BCUT2D eigenvalue weighted by atomic mass is 9.74. The maximum atomic E-state index is 11.2. The van der Waals surface area contributed by atoms with Crippen LogP contribution >= 0.6 is 0 Å². The molecule has 0 aromatic heterocycles. The van der Waals surface area contributed by atoms with Gasteiger partial charge < -0.3 is 24.1 Å². The normalized spacial score (nSPS) is 22.6. The van der Waals surface area contributed by atoms with Gasteiger partial charge in [-0.25, -0.2) is 0 Å². The Kier molecular flexibility index (Phi) is 3.36. The van der Waals surface area contributed by atoms with E-state index in [0.29, 0.717) is 11.5 Å². The van der Waals surface area contributed by atoms with E-state index in [1.54, 1.807) is 14.2 Å². The van der Waals surface area contributed by atoms with Crippen LogP contribution in [0.3, 0.4) is 0 Å². The highest BCUT2D eigenvalue weighted by Crippen LogP contribution is 2.60. The molecule has 0 fully saturated rings. The molecule has 2 unspecified atom stereocenters. The summed E-state index contributed by atoms with van der Waals surface area (Å²) in [5.41, 5.74) is 5.02. The SMILES string of the molecule is COc1ccc2c(c1)C(O)C1c3c(c(OC)c4c(c3-2)OCO4)CCN1C. The minimum absolute atomic E-state index is 0.156. The lowest BCUT2D eigenvalue weighted by Gasteiger charge is -2.43. The summed E-state index contributed by atoms with van der Waals surface area (Å²) in [6.45, 7) is 1.01. The van der Waals surface area contributed by atoms with Crippen molar-refractivity contribution in [3.05, 3.63) is 34.9 Å². The maximum Gasteiger partial charge on any atom is 0.231 e. The minimum Gasteiger partial charge on any atom is -0.497 e. The van der Waals surface area contributed by atoms with Gasteiger partial charge in [0.25, 0.3) is 0 Å². The Hall–Kier alpha value is -2.44. The third kappa shape index (κ3) is 1.88. The van der Waals surface area contributed by atoms with Gasteiger partial charge in [0.1, 0.15) is 5.75 Å². The average molecular weight is 355 g/mol. The predicted octanol–water partition coefficient (Wildman–Crippen LogP) is 2.68. The molecule has 136 valence electrons. The number of aliphatic hydroxyl groups excluding tert-OH is 1. The molecular weight excluding hydrogens is 334 g/mol. The van der Waals surface area contributed by atoms with Crippen molar-refractivity contribution in [1.29, 1.82) is 0 Å². The van der Waals surface area contributed by atoms with Gasteiger partial charge in [0.2, 0.25) is 12.5 Å². The van der Waals surface area contributed by atoms with Crippen LogP contribution in [-0.4, -0.2) is 44.6 Å². The molecule has 2 heterocycles. The van der Waals surface area contributed by atoms with E-state index in [-0.39, 0.29) is 12.8 Å². The number of rotatable bonds is 2. The lowest BCUT2D eigenvalue weighted by molar-refractivity contribution is 0.0538. The zero-order chi connectivity index (χ0) is 18.0. The molecular formula is C20H21NO5. The molecule has 0 bridgehead atoms. The Morgan fingerprint density at radius 2 is 1.96 bits per heavy atom. The monoisotopic (exact) mass is 355 g/mol. The largest absolute Gasteiger partial charge is 0.497 e. The Labute approximate surface area is 151 Å². The number of nitrogens with zero attached hydrogens (tertiary/aromatic N) is 1. The minimum atomic E-state index is -0.651. The number of hydrogen-bond donors (Lipinski definition) is 1. The zero-order valence-electron chi connectivity index (χ0n) is 15.0. The Bertz CT molecular complexity index is 910. The fraction of sp³-hybridized carbons (Fsp3) is 0.400. The molecule has 26 heavy (non-hydrogen) atoms. The summed E-state index contributed by atoms with van der Waals surface area (Å²) in [7, 11) is 5.34. The first-order valence-electron chi connectivity index (χ1n) is 8.74. The molecule has 0 spiro atoms. The van der Waals surface area contributed by atoms with Crippen LogP contribution in [0.1, 0.15) is 28.8 Å². The molecule has 5 rings (SSSR count). The number of ether oxygens (including phenoxy) is 4. The number of aliphatic hydroxyl groups is 1. The summed E-state index contributed by atoms with van der Waals surface area (Å²) in [4.78, 5) is 2.19. The molecule has 2 aliphatic heterocycles. The van der Waals surface area contributed by atoms with Crippen molar-refractivity contribution in [1.82, 2.24) is 4.90 Å². The van der Waals surface area contributed by atoms with Crippen molar-refractivity contribution in [2.24, 2.45) is 0 Å². The van der Waals surface area contributed by atoms with Crippen LogP contribution in [0.5, 0.6) is 23.0 Å². The molecule has 6 nitrogen and oxygen atoms in total. The molecule has 0 amide bonds. The van der Waals surface area contributed by atoms with Gasteiger partial charge in [0, 0.05) is 17.7 Å². The van der Waals surface area contributed by atoms with E-state index in [1.807, 2.05) is 25.2 Å². The third-order valence-corrected chi connectivity index (χ3v) is 5.75. The highest BCUT2D eigenvalue weighted by molar-refractivity contribution is 5.87. The van der Waals surface area contributed by atoms with E-state index in [4.69, 9.17) is 18.9 Å². The van der Waals surface area contributed by atoms with E-state index >= 15 is 0 Å². The summed E-state index contributed by atoms with van der Waals surface area (Å²) in [6.07, 6.45) is 0.189. The van der Waals surface area contributed by atoms with Crippen molar-refractivity contribution in [2.75, 3.05) is 34.6 Å². The van der Waals surface area contributed by atoms with Gasteiger partial charge in [0.15, 0.2) is 11.5 Å². The van der Waals surface area contributed by atoms with Crippen molar-refractivity contribution in [2.45, 2.75) is 18.6 Å². The second kappa shape index (κ2) is 5.53. The van der Waals surface area contributed by atoms with Crippen molar-refractivity contribution < 1.29 is 24.1 Å². The summed E-state index contributed by atoms with van der Waals surface area (Å²) in [6, 6.07) is 5.66. The van der Waals surface area contributed by atoms with Gasteiger partial charge in [-0.15, -0.1) is 0 Å². The van der Waals surface area contributed by atoms with Crippen molar-refractivity contribution >= 4 is 0 Å². The number of likely N-dealkylation sites (N-methyl/N-ethyl adjacent to an activating group) is 1. The fourth-order valence-corrected chi connectivity index (χ4v) is 4.58. The first-order valence-corrected chi connectivity index (χ1v) is 8.74. The molecule has 3 aliphatic rings. The first-order chi connectivity index (χ1) is 12.7. The fourth-order valence-electron chi connectivity index (χ4n) is 4.58. The van der Waals surface area contributed by atoms with Gasteiger partial charge in [-0.05, 0) is 42.3 Å². The number of methoxy groups -OCH3 is 2. The van der Waals surface area contributed by atoms with Crippen molar-refractivity contribution in [3.8, 4) is 34.1 Å². The Balaban J connectivity index is 1.89. The number of fused-ring (bicyclic) bond motifs is 4. The van der Waals surface area contributed by atoms with Gasteiger partial charge in [-0.3, -0.25) is 4.90 Å². The predicted molar refractivity (Wildman–Crippen MR) is 95.1 cm³/mol. The molecule has 1 aliphatic carbocycles. The van der Waals surface area contributed by atoms with Crippen LogP contribution in [0.4, 0.5) is 0 Å². The highest BCUT2D eigenvalue weighted by atomic mass is 16.7. The van der Waals surface area contributed by atoms with E-state index in [2.05, 4.69) is 4.90 Å². The molecule has 0 saturated carbocycles. The van der Waals surface area contributed by atoms with Crippen LogP contribution in [-0.2, 0) is 6.42 Å². The second-order valence-corrected chi connectivity index (χ2v) is 6.94. The quantitative estimate of drug-likeness (QED) is 0.894. The van der Waals surface area contributed by atoms with Gasteiger partial charge in [0.05, 0.1) is 26.4 Å². The summed E-state index contributed by atoms with van der Waals surface area (Å²) in [5.74, 6) is 2.84. The Morgan fingerprint density at radius 1 is 1.15 bits per heavy atom. The first kappa shape index (κ1) is 15.8. The molecule has 0 saturated heterocycles. The maximum absolute atomic E-state index is 11.2. The average Bonchev–Trinajstić information content (AvgIpc) is 3.14. The van der Waals surface area contributed by atoms with E-state index < -0.39 is 6.10 Å². The number of benzene rings is 2. The molecule has 2 aromatic carbocycles. The van der Waals surface area contributed by atoms with E-state index in [0.717, 1.165) is 52.3 Å². The van der Waals surface area contributed by atoms with E-state index in [9.17, 15) is 5.11 Å². The molecule has 1 N–H and O–H groups in total. The van der Waals surface area contributed by atoms with E-state index in [1.165, 1.54) is 0 Å². The summed E-state index contributed by atoms with van der Waals surface area (Å²) < 4.78 is 22.7. The standard InChI is InChI=1S/C20H21NO5/c1-21-7-6-12-14-15(19-20(18(12)24-3)26-9-25-19)11-5-4-10(23-2)8-13(11)17(22)16(14)21/h4-5,8,16-17,22H,6-7,9H2,1-3H3. The Morgan fingerprint density at radius 3 is 2.73 bits per heavy atom. The van der Waals surface area contributed by atoms with Gasteiger partial charge >= 0.3 is 0 Å². The lowest BCUT2D eigenvalue weighted by Crippen LogP contribution is -2.38. The summed E-state index contributed by atoms with van der Waals surface area (Å²) in [5, 5.41) is 11.2. The third-order valence-electron chi connectivity index (χ3n) is 5.75. The van der Waals surface area contributed by atoms with Crippen LogP contribution in [0, 0.1) is 0 Å². The van der Waals surface area contributed by atoms with Crippen LogP contribution in [0.15, 0.2) is 18.2 Å². The smallest absolute Gasteiger partial charge is 0.231 e.